The van der Waals surface area contributed by atoms with E-state index in [0.29, 0.717) is 6.54 Å². The summed E-state index contributed by atoms with van der Waals surface area (Å²) in [6.07, 6.45) is 2.17. The quantitative estimate of drug-likeness (QED) is 0.901. The lowest BCUT2D eigenvalue weighted by Crippen LogP contribution is -2.04. The number of unbranched alkanes of at least 4 members (excludes halogenated alkanes) is 1. The molecule has 0 spiro atoms. The third kappa shape index (κ3) is 2.22. The highest BCUT2D eigenvalue weighted by atomic mass is 16.7. The van der Waals surface area contributed by atoms with E-state index in [2.05, 4.69) is 17.2 Å². The van der Waals surface area contributed by atoms with Crippen LogP contribution in [0.4, 0.5) is 0 Å². The fourth-order valence-electron chi connectivity index (χ4n) is 2.31. The van der Waals surface area contributed by atoms with Gasteiger partial charge in [0.2, 0.25) is 6.79 Å². The third-order valence-electron chi connectivity index (χ3n) is 3.37. The normalized spacial score (nSPS) is 12.9. The van der Waals surface area contributed by atoms with E-state index in [1.54, 1.807) is 0 Å². The number of hydrogen-bond acceptors (Lipinski definition) is 5. The van der Waals surface area contributed by atoms with Gasteiger partial charge in [-0.3, -0.25) is 0 Å². The molecule has 20 heavy (non-hydrogen) atoms. The summed E-state index contributed by atoms with van der Waals surface area (Å²) in [5, 5.41) is 8.38. The number of aromatic nitrogens is 3. The molecule has 0 aliphatic carbocycles. The van der Waals surface area contributed by atoms with Crippen LogP contribution in [0.2, 0.25) is 0 Å². The second-order valence-electron chi connectivity index (χ2n) is 4.73. The summed E-state index contributed by atoms with van der Waals surface area (Å²) < 4.78 is 12.7. The van der Waals surface area contributed by atoms with Crippen molar-refractivity contribution in [2.45, 2.75) is 32.9 Å². The first-order valence-electron chi connectivity index (χ1n) is 6.86. The number of hydrogen-bond donors (Lipinski definition) is 1. The van der Waals surface area contributed by atoms with Gasteiger partial charge in [-0.1, -0.05) is 18.6 Å². The molecule has 1 aromatic carbocycles. The van der Waals surface area contributed by atoms with Gasteiger partial charge in [0.15, 0.2) is 11.5 Å². The molecule has 0 radical (unpaired) electrons. The molecule has 0 unspecified atom stereocenters. The predicted octanol–water partition coefficient (Wildman–Crippen LogP) is 1.93. The van der Waals surface area contributed by atoms with Crippen molar-refractivity contribution in [3.8, 4) is 22.8 Å². The van der Waals surface area contributed by atoms with Crippen molar-refractivity contribution in [2.75, 3.05) is 6.79 Å². The zero-order valence-electron chi connectivity index (χ0n) is 11.5. The molecule has 0 saturated heterocycles. The predicted molar refractivity (Wildman–Crippen MR) is 74.4 cm³/mol. The van der Waals surface area contributed by atoms with Crippen LogP contribution in [0.15, 0.2) is 18.2 Å². The lowest BCUT2D eigenvalue weighted by molar-refractivity contribution is 0.174. The molecule has 1 aliphatic heterocycles. The van der Waals surface area contributed by atoms with Gasteiger partial charge in [-0.2, -0.15) is 0 Å². The third-order valence-corrected chi connectivity index (χ3v) is 3.37. The number of ether oxygens (including phenoxy) is 2. The van der Waals surface area contributed by atoms with Crippen LogP contribution in [0, 0.1) is 0 Å². The Kier molecular flexibility index (Phi) is 3.56. The fourth-order valence-corrected chi connectivity index (χ4v) is 2.31. The zero-order valence-corrected chi connectivity index (χ0v) is 11.5. The van der Waals surface area contributed by atoms with E-state index in [1.807, 2.05) is 22.9 Å². The van der Waals surface area contributed by atoms with Crippen LogP contribution < -0.4 is 15.2 Å². The van der Waals surface area contributed by atoms with Crippen LogP contribution in [0.3, 0.4) is 0 Å². The minimum Gasteiger partial charge on any atom is -0.454 e. The molecule has 6 heteroatoms. The van der Waals surface area contributed by atoms with Crippen LogP contribution >= 0.6 is 0 Å². The number of aryl methyl sites for hydroxylation is 1. The van der Waals surface area contributed by atoms with Gasteiger partial charge in [-0.05, 0) is 24.6 Å². The van der Waals surface area contributed by atoms with Crippen LogP contribution in [-0.2, 0) is 13.1 Å². The summed E-state index contributed by atoms with van der Waals surface area (Å²) in [5.41, 5.74) is 8.56. The number of fused-ring (bicyclic) bond motifs is 1. The number of nitrogens with zero attached hydrogens (tertiary/aromatic N) is 3. The molecular weight excluding hydrogens is 256 g/mol. The first-order valence-corrected chi connectivity index (χ1v) is 6.86. The summed E-state index contributed by atoms with van der Waals surface area (Å²) >= 11 is 0. The minimum atomic E-state index is 0.274. The Hall–Kier alpha value is -2.08. The van der Waals surface area contributed by atoms with E-state index < -0.39 is 0 Å². The van der Waals surface area contributed by atoms with Crippen molar-refractivity contribution in [1.82, 2.24) is 15.0 Å². The van der Waals surface area contributed by atoms with Gasteiger partial charge in [0.05, 0.1) is 5.69 Å². The van der Waals surface area contributed by atoms with Crippen LogP contribution in [0.1, 0.15) is 25.5 Å². The molecule has 0 saturated carbocycles. The maximum absolute atomic E-state index is 5.77. The number of rotatable bonds is 5. The van der Waals surface area contributed by atoms with Gasteiger partial charge < -0.3 is 15.2 Å². The molecular formula is C14H18N4O2. The van der Waals surface area contributed by atoms with E-state index in [-0.39, 0.29) is 6.79 Å². The molecule has 106 valence electrons. The lowest BCUT2D eigenvalue weighted by Gasteiger charge is -2.08. The second-order valence-corrected chi connectivity index (χ2v) is 4.73. The summed E-state index contributed by atoms with van der Waals surface area (Å²) in [5.74, 6) is 1.53. The topological polar surface area (TPSA) is 75.2 Å². The Bertz CT molecular complexity index is 609. The van der Waals surface area contributed by atoms with E-state index in [4.69, 9.17) is 15.2 Å². The first kappa shape index (κ1) is 12.9. The van der Waals surface area contributed by atoms with Crippen molar-refractivity contribution >= 4 is 0 Å². The Balaban J connectivity index is 2.01. The van der Waals surface area contributed by atoms with Crippen molar-refractivity contribution < 1.29 is 9.47 Å². The minimum absolute atomic E-state index is 0.274. The Morgan fingerprint density at radius 1 is 1.30 bits per heavy atom. The molecule has 0 amide bonds. The lowest BCUT2D eigenvalue weighted by atomic mass is 10.1. The van der Waals surface area contributed by atoms with Crippen molar-refractivity contribution in [1.29, 1.82) is 0 Å². The number of benzene rings is 1. The maximum Gasteiger partial charge on any atom is 0.231 e. The van der Waals surface area contributed by atoms with Crippen LogP contribution in [0.5, 0.6) is 11.5 Å². The summed E-state index contributed by atoms with van der Waals surface area (Å²) in [6, 6.07) is 5.87. The average molecular weight is 274 g/mol. The zero-order chi connectivity index (χ0) is 13.9. The van der Waals surface area contributed by atoms with Crippen LogP contribution in [-0.4, -0.2) is 21.8 Å². The summed E-state index contributed by atoms with van der Waals surface area (Å²) in [7, 11) is 0. The van der Waals surface area contributed by atoms with Gasteiger partial charge in [0.25, 0.3) is 0 Å². The van der Waals surface area contributed by atoms with E-state index in [1.165, 1.54) is 0 Å². The van der Waals surface area contributed by atoms with Crippen molar-refractivity contribution in [3.63, 3.8) is 0 Å². The number of nitrogens with two attached hydrogens (primary N) is 1. The van der Waals surface area contributed by atoms with Gasteiger partial charge >= 0.3 is 0 Å². The SMILES string of the molecule is CCCCn1nnc(CN)c1-c1ccc2c(c1)OCO2. The molecule has 2 aromatic rings. The molecule has 1 aliphatic rings. The monoisotopic (exact) mass is 274 g/mol. The summed E-state index contributed by atoms with van der Waals surface area (Å²) in [6.45, 7) is 3.64. The molecule has 2 N–H and O–H groups in total. The molecule has 0 fully saturated rings. The highest BCUT2D eigenvalue weighted by Crippen LogP contribution is 2.36. The van der Waals surface area contributed by atoms with Gasteiger partial charge in [-0.25, -0.2) is 4.68 Å². The van der Waals surface area contributed by atoms with Crippen LogP contribution in [0.25, 0.3) is 11.3 Å². The molecule has 0 atom stereocenters. The Morgan fingerprint density at radius 2 is 2.15 bits per heavy atom. The highest BCUT2D eigenvalue weighted by Gasteiger charge is 2.18. The van der Waals surface area contributed by atoms with E-state index in [9.17, 15) is 0 Å². The Labute approximate surface area is 117 Å². The van der Waals surface area contributed by atoms with E-state index in [0.717, 1.165) is 47.8 Å². The van der Waals surface area contributed by atoms with Crippen molar-refractivity contribution in [2.24, 2.45) is 5.73 Å². The molecule has 1 aromatic heterocycles. The van der Waals surface area contributed by atoms with Gasteiger partial charge in [0.1, 0.15) is 5.69 Å². The van der Waals surface area contributed by atoms with E-state index >= 15 is 0 Å². The fraction of sp³-hybridized carbons (Fsp3) is 0.429. The standard InChI is InChI=1S/C14H18N4O2/c1-2-3-6-18-14(11(8-15)16-17-18)10-4-5-12-13(7-10)20-9-19-12/h4-5,7H,2-3,6,8-9,15H2,1H3. The molecule has 6 nitrogen and oxygen atoms in total. The molecule has 3 rings (SSSR count). The van der Waals surface area contributed by atoms with Gasteiger partial charge in [0, 0.05) is 18.7 Å². The molecule has 2 heterocycles. The smallest absolute Gasteiger partial charge is 0.231 e. The average Bonchev–Trinajstić information content (AvgIpc) is 3.10. The first-order chi connectivity index (χ1) is 9.83. The Morgan fingerprint density at radius 3 is 2.95 bits per heavy atom. The second kappa shape index (κ2) is 5.50. The maximum atomic E-state index is 5.77. The largest absolute Gasteiger partial charge is 0.454 e. The summed E-state index contributed by atoms with van der Waals surface area (Å²) in [4.78, 5) is 0. The molecule has 0 bridgehead atoms. The highest BCUT2D eigenvalue weighted by molar-refractivity contribution is 5.66. The van der Waals surface area contributed by atoms with Gasteiger partial charge in [-0.15, -0.1) is 5.10 Å². The van der Waals surface area contributed by atoms with Crippen molar-refractivity contribution in [3.05, 3.63) is 23.9 Å².